The van der Waals surface area contributed by atoms with Gasteiger partial charge >= 0.3 is 0 Å². The number of nitrogens with one attached hydrogen (secondary N) is 1. The fourth-order valence-electron chi connectivity index (χ4n) is 1.93. The zero-order valence-corrected chi connectivity index (χ0v) is 11.7. The first-order chi connectivity index (χ1) is 8.25. The molecule has 1 unspecified atom stereocenters. The highest BCUT2D eigenvalue weighted by molar-refractivity contribution is 9.10. The molecule has 2 rings (SSSR count). The Hall–Kier alpha value is -0.360. The summed E-state index contributed by atoms with van der Waals surface area (Å²) in [7, 11) is 0. The number of morpholine rings is 1. The van der Waals surface area contributed by atoms with Crippen LogP contribution in [0.25, 0.3) is 0 Å². The summed E-state index contributed by atoms with van der Waals surface area (Å²) >= 11 is 3.31. The quantitative estimate of drug-likeness (QED) is 0.903. The molecule has 1 fully saturated rings. The van der Waals surface area contributed by atoms with Crippen molar-refractivity contribution >= 4 is 15.9 Å². The Morgan fingerprint density at radius 3 is 2.82 bits per heavy atom. The average Bonchev–Trinajstić information content (AvgIpc) is 2.77. The van der Waals surface area contributed by atoms with Gasteiger partial charge in [-0.1, -0.05) is 0 Å². The summed E-state index contributed by atoms with van der Waals surface area (Å²) in [5.74, 6) is 0.971. The molecule has 1 aromatic rings. The Morgan fingerprint density at radius 1 is 1.41 bits per heavy atom. The largest absolute Gasteiger partial charge is 0.453 e. The Bertz CT molecular complexity index is 337. The number of furan rings is 1. The Balaban J connectivity index is 1.67. The van der Waals surface area contributed by atoms with E-state index in [1.165, 1.54) is 0 Å². The molecule has 4 nitrogen and oxygen atoms in total. The predicted molar refractivity (Wildman–Crippen MR) is 70.1 cm³/mol. The summed E-state index contributed by atoms with van der Waals surface area (Å²) in [6.45, 7) is 7.96. The highest BCUT2D eigenvalue weighted by Gasteiger charge is 2.12. The maximum Gasteiger partial charge on any atom is 0.169 e. The van der Waals surface area contributed by atoms with Crippen molar-refractivity contribution in [2.45, 2.75) is 13.0 Å². The minimum Gasteiger partial charge on any atom is -0.453 e. The van der Waals surface area contributed by atoms with Crippen LogP contribution >= 0.6 is 15.9 Å². The van der Waals surface area contributed by atoms with E-state index in [4.69, 9.17) is 9.15 Å². The maximum absolute atomic E-state index is 5.51. The lowest BCUT2D eigenvalue weighted by atomic mass is 10.2. The van der Waals surface area contributed by atoms with Gasteiger partial charge in [0.05, 0.1) is 19.3 Å². The van der Waals surface area contributed by atoms with Crippen molar-refractivity contribution in [3.05, 3.63) is 22.6 Å². The Morgan fingerprint density at radius 2 is 2.18 bits per heavy atom. The molecule has 1 atom stereocenters. The standard InChI is InChI=1S/C12H19BrN2O2/c1-10(11-2-3-12(13)17-11)14-4-5-15-6-8-16-9-7-15/h2-3,10,14H,4-9H2,1H3. The summed E-state index contributed by atoms with van der Waals surface area (Å²) in [6.07, 6.45) is 0. The summed E-state index contributed by atoms with van der Waals surface area (Å²) in [5.41, 5.74) is 0. The topological polar surface area (TPSA) is 37.6 Å². The summed E-state index contributed by atoms with van der Waals surface area (Å²) in [6, 6.07) is 4.17. The van der Waals surface area contributed by atoms with E-state index >= 15 is 0 Å². The van der Waals surface area contributed by atoms with Crippen molar-refractivity contribution in [1.82, 2.24) is 10.2 Å². The summed E-state index contributed by atoms with van der Waals surface area (Å²) in [4.78, 5) is 2.42. The van der Waals surface area contributed by atoms with Crippen molar-refractivity contribution in [2.24, 2.45) is 0 Å². The first-order valence-corrected chi connectivity index (χ1v) is 6.84. The van der Waals surface area contributed by atoms with Gasteiger partial charge in [0.15, 0.2) is 4.67 Å². The number of hydrogen-bond acceptors (Lipinski definition) is 4. The summed E-state index contributed by atoms with van der Waals surface area (Å²) < 4.78 is 11.6. The smallest absolute Gasteiger partial charge is 0.169 e. The van der Waals surface area contributed by atoms with E-state index < -0.39 is 0 Å². The molecule has 1 aliphatic rings. The lowest BCUT2D eigenvalue weighted by molar-refractivity contribution is 0.0381. The van der Waals surface area contributed by atoms with Gasteiger partial charge in [-0.25, -0.2) is 0 Å². The number of rotatable bonds is 5. The van der Waals surface area contributed by atoms with Crippen molar-refractivity contribution in [3.63, 3.8) is 0 Å². The minimum absolute atomic E-state index is 0.252. The first-order valence-electron chi connectivity index (χ1n) is 6.04. The molecule has 0 spiro atoms. The van der Waals surface area contributed by atoms with E-state index in [2.05, 4.69) is 33.1 Å². The van der Waals surface area contributed by atoms with E-state index in [9.17, 15) is 0 Å². The van der Waals surface area contributed by atoms with Gasteiger partial charge < -0.3 is 14.5 Å². The van der Waals surface area contributed by atoms with E-state index in [1.54, 1.807) is 0 Å². The van der Waals surface area contributed by atoms with Gasteiger partial charge in [-0.15, -0.1) is 0 Å². The van der Waals surface area contributed by atoms with Crippen LogP contribution in [-0.4, -0.2) is 44.3 Å². The van der Waals surface area contributed by atoms with E-state index in [1.807, 2.05) is 12.1 Å². The monoisotopic (exact) mass is 302 g/mol. The molecule has 0 aromatic carbocycles. The number of halogens is 1. The number of ether oxygens (including phenoxy) is 1. The second-order valence-electron chi connectivity index (χ2n) is 4.27. The van der Waals surface area contributed by atoms with Crippen molar-refractivity contribution < 1.29 is 9.15 Å². The molecule has 1 N–H and O–H groups in total. The van der Waals surface area contributed by atoms with Crippen molar-refractivity contribution in [3.8, 4) is 0 Å². The molecule has 0 bridgehead atoms. The van der Waals surface area contributed by atoms with Crippen LogP contribution in [0.3, 0.4) is 0 Å². The normalized spacial score (nSPS) is 19.4. The second-order valence-corrected chi connectivity index (χ2v) is 5.05. The van der Waals surface area contributed by atoms with Crippen LogP contribution in [0.2, 0.25) is 0 Å². The third-order valence-corrected chi connectivity index (χ3v) is 3.43. The van der Waals surface area contributed by atoms with Gasteiger partial charge in [0.1, 0.15) is 5.76 Å². The molecular weight excluding hydrogens is 284 g/mol. The van der Waals surface area contributed by atoms with E-state index in [-0.39, 0.29) is 6.04 Å². The highest BCUT2D eigenvalue weighted by atomic mass is 79.9. The first kappa shape index (κ1) is 13.1. The third kappa shape index (κ3) is 4.10. The molecule has 5 heteroatoms. The van der Waals surface area contributed by atoms with Gasteiger partial charge in [0, 0.05) is 26.2 Å². The molecular formula is C12H19BrN2O2. The maximum atomic E-state index is 5.51. The van der Waals surface area contributed by atoms with E-state index in [0.29, 0.717) is 0 Å². The summed E-state index contributed by atoms with van der Waals surface area (Å²) in [5, 5.41) is 3.46. The Labute approximate surface area is 110 Å². The number of hydrogen-bond donors (Lipinski definition) is 1. The lowest BCUT2D eigenvalue weighted by Gasteiger charge is -2.27. The molecule has 2 heterocycles. The highest BCUT2D eigenvalue weighted by Crippen LogP contribution is 2.19. The van der Waals surface area contributed by atoms with Gasteiger partial charge in [-0.05, 0) is 35.0 Å². The van der Waals surface area contributed by atoms with Crippen LogP contribution in [-0.2, 0) is 4.74 Å². The fourth-order valence-corrected chi connectivity index (χ4v) is 2.24. The molecule has 0 amide bonds. The predicted octanol–water partition coefficient (Wildman–Crippen LogP) is 2.02. The zero-order valence-electron chi connectivity index (χ0n) is 10.1. The van der Waals surface area contributed by atoms with Crippen LogP contribution < -0.4 is 5.32 Å². The third-order valence-electron chi connectivity index (χ3n) is 3.00. The van der Waals surface area contributed by atoms with Crippen LogP contribution in [0.5, 0.6) is 0 Å². The molecule has 17 heavy (non-hydrogen) atoms. The van der Waals surface area contributed by atoms with Crippen molar-refractivity contribution in [2.75, 3.05) is 39.4 Å². The van der Waals surface area contributed by atoms with Crippen LogP contribution in [0.15, 0.2) is 21.2 Å². The molecule has 96 valence electrons. The SMILES string of the molecule is CC(NCCN1CCOCC1)c1ccc(Br)o1. The van der Waals surface area contributed by atoms with Gasteiger partial charge in [-0.3, -0.25) is 4.90 Å². The molecule has 1 saturated heterocycles. The molecule has 0 radical (unpaired) electrons. The average molecular weight is 303 g/mol. The van der Waals surface area contributed by atoms with Gasteiger partial charge in [-0.2, -0.15) is 0 Å². The second kappa shape index (κ2) is 6.54. The van der Waals surface area contributed by atoms with Crippen LogP contribution in [0.4, 0.5) is 0 Å². The lowest BCUT2D eigenvalue weighted by Crippen LogP contribution is -2.40. The molecule has 1 aromatic heterocycles. The zero-order chi connectivity index (χ0) is 12.1. The van der Waals surface area contributed by atoms with Crippen LogP contribution in [0, 0.1) is 0 Å². The van der Waals surface area contributed by atoms with Crippen LogP contribution in [0.1, 0.15) is 18.7 Å². The van der Waals surface area contributed by atoms with Crippen molar-refractivity contribution in [1.29, 1.82) is 0 Å². The molecule has 0 saturated carbocycles. The Kier molecular flexibility index (Phi) is 5.03. The molecule has 1 aliphatic heterocycles. The minimum atomic E-state index is 0.252. The number of nitrogens with zero attached hydrogens (tertiary/aromatic N) is 1. The van der Waals surface area contributed by atoms with Gasteiger partial charge in [0.2, 0.25) is 0 Å². The fraction of sp³-hybridized carbons (Fsp3) is 0.667. The van der Waals surface area contributed by atoms with Gasteiger partial charge in [0.25, 0.3) is 0 Å². The van der Waals surface area contributed by atoms with E-state index in [0.717, 1.165) is 49.8 Å². The molecule has 0 aliphatic carbocycles.